The largest absolute Gasteiger partial charge is 0.309 e. The Hall–Kier alpha value is -1.07. The molecule has 0 bridgehead atoms. The minimum atomic E-state index is -0.135. The third-order valence-electron chi connectivity index (χ3n) is 1.62. The summed E-state index contributed by atoms with van der Waals surface area (Å²) in [6.07, 6.45) is 0. The number of aryl methyl sites for hydroxylation is 1. The van der Waals surface area contributed by atoms with Gasteiger partial charge in [0.25, 0.3) is 0 Å². The summed E-state index contributed by atoms with van der Waals surface area (Å²) in [5.74, 6) is 0. The molecule has 1 rings (SSSR count). The van der Waals surface area contributed by atoms with Crippen LogP contribution in [0.3, 0.4) is 0 Å². The van der Waals surface area contributed by atoms with Gasteiger partial charge in [-0.2, -0.15) is 0 Å². The molecule has 0 aliphatic rings. The lowest BCUT2D eigenvalue weighted by Crippen LogP contribution is -1.90. The van der Waals surface area contributed by atoms with Crippen LogP contribution in [-0.4, -0.2) is 4.98 Å². The Kier molecular flexibility index (Phi) is 2.67. The number of hydrogen-bond acceptors (Lipinski definition) is 1. The van der Waals surface area contributed by atoms with E-state index in [-0.39, 0.29) is 6.04 Å². The van der Waals surface area contributed by atoms with Gasteiger partial charge in [-0.15, -0.1) is 0 Å². The van der Waals surface area contributed by atoms with Gasteiger partial charge in [0, 0.05) is 18.2 Å². The van der Waals surface area contributed by atoms with E-state index in [1.165, 1.54) is 0 Å². The normalized spacial score (nSPS) is 12.2. The molecule has 1 heterocycles. The molecule has 0 spiro atoms. The van der Waals surface area contributed by atoms with Crippen molar-refractivity contribution in [2.24, 2.45) is 0 Å². The molecule has 1 unspecified atom stereocenters. The molecule has 12 heavy (non-hydrogen) atoms. The van der Waals surface area contributed by atoms with Gasteiger partial charge in [-0.1, -0.05) is 11.6 Å². The average molecular weight is 181 g/mol. The molecule has 1 atom stereocenters. The highest BCUT2D eigenvalue weighted by Crippen LogP contribution is 2.19. The van der Waals surface area contributed by atoms with E-state index in [0.29, 0.717) is 5.15 Å². The molecule has 0 saturated carbocycles. The zero-order valence-corrected chi connectivity index (χ0v) is 7.76. The molecule has 0 N–H and O–H groups in total. The highest BCUT2D eigenvalue weighted by atomic mass is 35.5. The van der Waals surface area contributed by atoms with Crippen molar-refractivity contribution in [3.63, 3.8) is 0 Å². The summed E-state index contributed by atoms with van der Waals surface area (Å²) in [5, 5.41) is 0.459. The Bertz CT molecular complexity index is 308. The van der Waals surface area contributed by atoms with Gasteiger partial charge in [0.1, 0.15) is 5.15 Å². The maximum atomic E-state index is 6.85. The predicted molar refractivity (Wildman–Crippen MR) is 49.0 cm³/mol. The fraction of sp³-hybridized carbons (Fsp3) is 0.333. The van der Waals surface area contributed by atoms with Gasteiger partial charge in [-0.25, -0.2) is 11.6 Å². The van der Waals surface area contributed by atoms with E-state index in [1.807, 2.05) is 19.9 Å². The molecule has 62 valence electrons. The van der Waals surface area contributed by atoms with E-state index < -0.39 is 0 Å². The Labute approximate surface area is 77.0 Å². The van der Waals surface area contributed by atoms with Crippen LogP contribution in [0.5, 0.6) is 0 Å². The second-order valence-corrected chi connectivity index (χ2v) is 3.06. The summed E-state index contributed by atoms with van der Waals surface area (Å²) in [5.41, 5.74) is 1.79. The first kappa shape index (κ1) is 9.02. The van der Waals surface area contributed by atoms with Crippen LogP contribution in [-0.2, 0) is 0 Å². The van der Waals surface area contributed by atoms with Crippen LogP contribution in [0.2, 0.25) is 5.15 Å². The fourth-order valence-electron chi connectivity index (χ4n) is 0.969. The standard InChI is InChI=1S/C9H9ClN2/c1-6-4-8(7(2)11-3)5-9(10)12-6/h4-5,7H,1-2H3. The quantitative estimate of drug-likeness (QED) is 0.480. The van der Waals surface area contributed by atoms with Gasteiger partial charge in [0.05, 0.1) is 0 Å². The molecule has 0 aromatic carbocycles. The molecule has 0 aliphatic carbocycles. The van der Waals surface area contributed by atoms with Crippen molar-refractivity contribution in [3.8, 4) is 0 Å². The van der Waals surface area contributed by atoms with Crippen molar-refractivity contribution in [1.82, 2.24) is 4.98 Å². The van der Waals surface area contributed by atoms with Gasteiger partial charge < -0.3 is 4.85 Å². The maximum absolute atomic E-state index is 6.85. The van der Waals surface area contributed by atoms with E-state index in [2.05, 4.69) is 9.83 Å². The molecule has 0 saturated heterocycles. The highest BCUT2D eigenvalue weighted by molar-refractivity contribution is 6.29. The predicted octanol–water partition coefficient (Wildman–Crippen LogP) is 3.02. The number of halogens is 1. The number of rotatable bonds is 1. The maximum Gasteiger partial charge on any atom is 0.246 e. The van der Waals surface area contributed by atoms with Crippen molar-refractivity contribution < 1.29 is 0 Å². The van der Waals surface area contributed by atoms with Gasteiger partial charge in [-0.3, -0.25) is 0 Å². The number of nitrogens with zero attached hydrogens (tertiary/aromatic N) is 2. The van der Waals surface area contributed by atoms with Crippen LogP contribution in [0.25, 0.3) is 4.85 Å². The van der Waals surface area contributed by atoms with Crippen molar-refractivity contribution in [2.75, 3.05) is 0 Å². The third-order valence-corrected chi connectivity index (χ3v) is 1.81. The first-order valence-corrected chi connectivity index (χ1v) is 4.02. The number of hydrogen-bond donors (Lipinski definition) is 0. The minimum absolute atomic E-state index is 0.135. The van der Waals surface area contributed by atoms with Crippen LogP contribution in [0.4, 0.5) is 0 Å². The summed E-state index contributed by atoms with van der Waals surface area (Å²) >= 11 is 5.74. The topological polar surface area (TPSA) is 17.2 Å². The highest BCUT2D eigenvalue weighted by Gasteiger charge is 2.09. The summed E-state index contributed by atoms with van der Waals surface area (Å²) in [7, 11) is 0. The monoisotopic (exact) mass is 180 g/mol. The molecule has 1 aromatic heterocycles. The molecule has 3 heteroatoms. The van der Waals surface area contributed by atoms with Gasteiger partial charge in [0.15, 0.2) is 0 Å². The zero-order valence-electron chi connectivity index (χ0n) is 7.00. The smallest absolute Gasteiger partial charge is 0.246 e. The van der Waals surface area contributed by atoms with E-state index >= 15 is 0 Å². The first-order chi connectivity index (χ1) is 5.63. The molecule has 2 nitrogen and oxygen atoms in total. The zero-order chi connectivity index (χ0) is 9.14. The SMILES string of the molecule is [C-]#[N+]C(C)c1cc(C)nc(Cl)c1. The lowest BCUT2D eigenvalue weighted by atomic mass is 10.1. The summed E-state index contributed by atoms with van der Waals surface area (Å²) in [6.45, 7) is 10.6. The Morgan fingerprint density at radius 2 is 2.25 bits per heavy atom. The van der Waals surface area contributed by atoms with Crippen LogP contribution in [0, 0.1) is 13.5 Å². The Morgan fingerprint density at radius 1 is 1.58 bits per heavy atom. The average Bonchev–Trinajstić information content (AvgIpc) is 2.01. The van der Waals surface area contributed by atoms with Crippen LogP contribution in [0.15, 0.2) is 12.1 Å². The molecule has 0 aliphatic heterocycles. The number of pyridine rings is 1. The fourth-order valence-corrected chi connectivity index (χ4v) is 1.23. The molecule has 0 amide bonds. The lowest BCUT2D eigenvalue weighted by Gasteiger charge is -2.01. The summed E-state index contributed by atoms with van der Waals surface area (Å²) < 4.78 is 0. The summed E-state index contributed by atoms with van der Waals surface area (Å²) in [6, 6.07) is 3.48. The van der Waals surface area contributed by atoms with Gasteiger partial charge >= 0.3 is 0 Å². The van der Waals surface area contributed by atoms with Crippen LogP contribution in [0.1, 0.15) is 24.2 Å². The number of aromatic nitrogens is 1. The van der Waals surface area contributed by atoms with Crippen LogP contribution < -0.4 is 0 Å². The van der Waals surface area contributed by atoms with E-state index in [9.17, 15) is 0 Å². The van der Waals surface area contributed by atoms with E-state index in [1.54, 1.807) is 6.07 Å². The van der Waals surface area contributed by atoms with Crippen molar-refractivity contribution in [3.05, 3.63) is 40.0 Å². The first-order valence-electron chi connectivity index (χ1n) is 3.64. The molecular weight excluding hydrogens is 172 g/mol. The van der Waals surface area contributed by atoms with Gasteiger partial charge in [-0.05, 0) is 19.1 Å². The second kappa shape index (κ2) is 3.55. The molecular formula is C9H9ClN2. The summed E-state index contributed by atoms with van der Waals surface area (Å²) in [4.78, 5) is 7.42. The van der Waals surface area contributed by atoms with Crippen LogP contribution >= 0.6 is 11.6 Å². The molecule has 0 fully saturated rings. The van der Waals surface area contributed by atoms with Gasteiger partial charge in [0.2, 0.25) is 6.04 Å². The molecule has 0 radical (unpaired) electrons. The van der Waals surface area contributed by atoms with Crippen molar-refractivity contribution in [1.29, 1.82) is 0 Å². The van der Waals surface area contributed by atoms with Crippen molar-refractivity contribution in [2.45, 2.75) is 19.9 Å². The Morgan fingerprint density at radius 3 is 2.75 bits per heavy atom. The van der Waals surface area contributed by atoms with E-state index in [4.69, 9.17) is 18.2 Å². The Balaban J connectivity index is 3.10. The molecule has 1 aromatic rings. The lowest BCUT2D eigenvalue weighted by molar-refractivity contribution is 0.947. The second-order valence-electron chi connectivity index (χ2n) is 2.67. The van der Waals surface area contributed by atoms with Crippen molar-refractivity contribution >= 4 is 11.6 Å². The third kappa shape index (κ3) is 1.96. The van der Waals surface area contributed by atoms with E-state index in [0.717, 1.165) is 11.3 Å². The minimum Gasteiger partial charge on any atom is -0.309 e.